The first-order valence-corrected chi connectivity index (χ1v) is 5.26. The van der Waals surface area contributed by atoms with Gasteiger partial charge in [-0.05, 0) is 24.2 Å². The lowest BCUT2D eigenvalue weighted by Gasteiger charge is -2.15. The fourth-order valence-electron chi connectivity index (χ4n) is 1.65. The molecule has 0 saturated carbocycles. The van der Waals surface area contributed by atoms with Gasteiger partial charge in [-0.1, -0.05) is 6.07 Å². The maximum absolute atomic E-state index is 10.7. The number of carboxylic acid groups (broad SMARTS) is 1. The average molecular weight is 239 g/mol. The molecule has 0 aliphatic rings. The Bertz CT molecular complexity index is 392. The highest BCUT2D eigenvalue weighted by atomic mass is 16.5. The lowest BCUT2D eigenvalue weighted by Crippen LogP contribution is -2.16. The summed E-state index contributed by atoms with van der Waals surface area (Å²) in [5.74, 6) is 0.110. The third kappa shape index (κ3) is 3.35. The highest BCUT2D eigenvalue weighted by molar-refractivity contribution is 5.68. The highest BCUT2D eigenvalue weighted by Crippen LogP contribution is 2.31. The molecule has 1 aromatic carbocycles. The van der Waals surface area contributed by atoms with Crippen LogP contribution in [0.1, 0.15) is 17.9 Å². The summed E-state index contributed by atoms with van der Waals surface area (Å²) >= 11 is 0. The minimum absolute atomic E-state index is 0.00594. The van der Waals surface area contributed by atoms with E-state index in [2.05, 4.69) is 0 Å². The van der Waals surface area contributed by atoms with Crippen LogP contribution in [0.3, 0.4) is 0 Å². The Balaban J connectivity index is 3.00. The van der Waals surface area contributed by atoms with Gasteiger partial charge >= 0.3 is 5.97 Å². The van der Waals surface area contributed by atoms with Gasteiger partial charge in [0, 0.05) is 5.92 Å². The standard InChI is InChI=1S/C12H17NO4/c1-16-10-4-3-8(5-11(10)17-2)9(7-13)6-12(14)15/h3-5,9H,6-7,13H2,1-2H3,(H,14,15)/t9-/m0/s1. The van der Waals surface area contributed by atoms with Crippen LogP contribution in [0.25, 0.3) is 0 Å². The molecule has 1 atom stereocenters. The van der Waals surface area contributed by atoms with Crippen LogP contribution >= 0.6 is 0 Å². The Labute approximate surface area is 100 Å². The van der Waals surface area contributed by atoms with Crippen LogP contribution in [0.4, 0.5) is 0 Å². The Morgan fingerprint density at radius 3 is 2.47 bits per heavy atom. The van der Waals surface area contributed by atoms with Crippen molar-refractivity contribution in [1.29, 1.82) is 0 Å². The smallest absolute Gasteiger partial charge is 0.304 e. The summed E-state index contributed by atoms with van der Waals surface area (Å²) in [5, 5.41) is 8.79. The van der Waals surface area contributed by atoms with Crippen LogP contribution in [-0.4, -0.2) is 31.8 Å². The van der Waals surface area contributed by atoms with Crippen molar-refractivity contribution < 1.29 is 19.4 Å². The molecule has 0 aromatic heterocycles. The zero-order valence-corrected chi connectivity index (χ0v) is 9.97. The van der Waals surface area contributed by atoms with Crippen LogP contribution < -0.4 is 15.2 Å². The molecule has 17 heavy (non-hydrogen) atoms. The summed E-state index contributed by atoms with van der Waals surface area (Å²) < 4.78 is 10.3. The first-order chi connectivity index (χ1) is 8.12. The van der Waals surface area contributed by atoms with E-state index in [1.165, 1.54) is 7.11 Å². The molecule has 0 aliphatic carbocycles. The molecule has 0 amide bonds. The summed E-state index contributed by atoms with van der Waals surface area (Å²) in [6, 6.07) is 5.32. The Morgan fingerprint density at radius 1 is 1.35 bits per heavy atom. The van der Waals surface area contributed by atoms with Crippen molar-refractivity contribution in [2.24, 2.45) is 5.73 Å². The van der Waals surface area contributed by atoms with Gasteiger partial charge in [0.1, 0.15) is 0 Å². The van der Waals surface area contributed by atoms with Crippen molar-refractivity contribution >= 4 is 5.97 Å². The van der Waals surface area contributed by atoms with Crippen molar-refractivity contribution in [1.82, 2.24) is 0 Å². The molecule has 94 valence electrons. The van der Waals surface area contributed by atoms with E-state index in [0.29, 0.717) is 11.5 Å². The maximum atomic E-state index is 10.7. The van der Waals surface area contributed by atoms with Crippen molar-refractivity contribution in [3.05, 3.63) is 23.8 Å². The quantitative estimate of drug-likeness (QED) is 0.780. The second-order valence-electron chi connectivity index (χ2n) is 3.64. The molecule has 0 aliphatic heterocycles. The highest BCUT2D eigenvalue weighted by Gasteiger charge is 2.16. The maximum Gasteiger partial charge on any atom is 0.304 e. The predicted molar refractivity (Wildman–Crippen MR) is 63.6 cm³/mol. The molecule has 1 aromatic rings. The SMILES string of the molecule is COc1ccc([C@H](CN)CC(=O)O)cc1OC. The second-order valence-corrected chi connectivity index (χ2v) is 3.64. The molecular weight excluding hydrogens is 222 g/mol. The topological polar surface area (TPSA) is 81.8 Å². The molecule has 5 nitrogen and oxygen atoms in total. The minimum Gasteiger partial charge on any atom is -0.493 e. The van der Waals surface area contributed by atoms with Crippen LogP contribution in [0.5, 0.6) is 11.5 Å². The summed E-state index contributed by atoms with van der Waals surface area (Å²) in [6.07, 6.45) is 0.00594. The number of hydrogen-bond acceptors (Lipinski definition) is 4. The predicted octanol–water partition coefficient (Wildman–Crippen LogP) is 1.22. The van der Waals surface area contributed by atoms with Crippen molar-refractivity contribution in [3.8, 4) is 11.5 Å². The van der Waals surface area contributed by atoms with E-state index in [9.17, 15) is 4.79 Å². The van der Waals surface area contributed by atoms with E-state index >= 15 is 0 Å². The number of nitrogens with two attached hydrogens (primary N) is 1. The summed E-state index contributed by atoms with van der Waals surface area (Å²) in [4.78, 5) is 10.7. The third-order valence-electron chi connectivity index (χ3n) is 2.58. The van der Waals surface area contributed by atoms with Gasteiger partial charge in [0.05, 0.1) is 20.6 Å². The van der Waals surface area contributed by atoms with Crippen LogP contribution in [-0.2, 0) is 4.79 Å². The molecule has 0 unspecified atom stereocenters. The molecule has 0 saturated heterocycles. The largest absolute Gasteiger partial charge is 0.493 e. The summed E-state index contributed by atoms with van der Waals surface area (Å²) in [6.45, 7) is 0.280. The number of hydrogen-bond donors (Lipinski definition) is 2. The van der Waals surface area contributed by atoms with Crippen molar-refractivity contribution in [2.75, 3.05) is 20.8 Å². The fourth-order valence-corrected chi connectivity index (χ4v) is 1.65. The van der Waals surface area contributed by atoms with Gasteiger partial charge in [0.15, 0.2) is 11.5 Å². The summed E-state index contributed by atoms with van der Waals surface area (Å²) in [7, 11) is 3.09. The van der Waals surface area contributed by atoms with Gasteiger partial charge in [-0.2, -0.15) is 0 Å². The number of methoxy groups -OCH3 is 2. The van der Waals surface area contributed by atoms with Crippen molar-refractivity contribution in [3.63, 3.8) is 0 Å². The molecule has 0 spiro atoms. The molecule has 1 rings (SSSR count). The Kier molecular flexibility index (Phi) is 4.78. The number of ether oxygens (including phenoxy) is 2. The van der Waals surface area contributed by atoms with Gasteiger partial charge in [-0.25, -0.2) is 0 Å². The number of carboxylic acids is 1. The van der Waals surface area contributed by atoms with Gasteiger partial charge in [0.25, 0.3) is 0 Å². The number of rotatable bonds is 6. The molecule has 0 heterocycles. The van der Waals surface area contributed by atoms with E-state index in [-0.39, 0.29) is 18.9 Å². The van der Waals surface area contributed by atoms with Gasteiger partial charge in [0.2, 0.25) is 0 Å². The minimum atomic E-state index is -0.866. The normalized spacial score (nSPS) is 11.9. The first kappa shape index (κ1) is 13.3. The number of aliphatic carboxylic acids is 1. The zero-order chi connectivity index (χ0) is 12.8. The monoisotopic (exact) mass is 239 g/mol. The van der Waals surface area contributed by atoms with E-state index in [1.54, 1.807) is 19.2 Å². The number of carbonyl (C=O) groups is 1. The summed E-state index contributed by atoms with van der Waals surface area (Å²) in [5.41, 5.74) is 6.42. The molecular formula is C12H17NO4. The van der Waals surface area contributed by atoms with Crippen LogP contribution in [0, 0.1) is 0 Å². The zero-order valence-electron chi connectivity index (χ0n) is 9.97. The van der Waals surface area contributed by atoms with Crippen LogP contribution in [0.15, 0.2) is 18.2 Å². The third-order valence-corrected chi connectivity index (χ3v) is 2.58. The van der Waals surface area contributed by atoms with E-state index < -0.39 is 5.97 Å². The lowest BCUT2D eigenvalue weighted by atomic mass is 9.95. The number of benzene rings is 1. The second kappa shape index (κ2) is 6.10. The van der Waals surface area contributed by atoms with Gasteiger partial charge in [-0.15, -0.1) is 0 Å². The van der Waals surface area contributed by atoms with Gasteiger partial charge in [-0.3, -0.25) is 4.79 Å². The van der Waals surface area contributed by atoms with Crippen molar-refractivity contribution in [2.45, 2.75) is 12.3 Å². The molecule has 0 radical (unpaired) electrons. The van der Waals surface area contributed by atoms with Crippen LogP contribution in [0.2, 0.25) is 0 Å². The fraction of sp³-hybridized carbons (Fsp3) is 0.417. The van der Waals surface area contributed by atoms with E-state index in [4.69, 9.17) is 20.3 Å². The van der Waals surface area contributed by atoms with E-state index in [1.807, 2.05) is 6.07 Å². The average Bonchev–Trinajstić information content (AvgIpc) is 2.34. The Morgan fingerprint density at radius 2 is 2.00 bits per heavy atom. The van der Waals surface area contributed by atoms with E-state index in [0.717, 1.165) is 5.56 Å². The van der Waals surface area contributed by atoms with Gasteiger partial charge < -0.3 is 20.3 Å². The molecule has 0 bridgehead atoms. The Hall–Kier alpha value is -1.75. The molecule has 0 fully saturated rings. The molecule has 3 N–H and O–H groups in total. The molecule has 5 heteroatoms. The first-order valence-electron chi connectivity index (χ1n) is 5.26. The lowest BCUT2D eigenvalue weighted by molar-refractivity contribution is -0.137.